The number of hydrogen-bond acceptors (Lipinski definition) is 5. The van der Waals surface area contributed by atoms with E-state index in [2.05, 4.69) is 4.98 Å². The fourth-order valence-electron chi connectivity index (χ4n) is 1.79. The molecular formula is C15H9F2NO2S2. The summed E-state index contributed by atoms with van der Waals surface area (Å²) in [6.45, 7) is -0.0440. The van der Waals surface area contributed by atoms with Crippen molar-refractivity contribution in [2.24, 2.45) is 0 Å². The van der Waals surface area contributed by atoms with E-state index in [0.717, 1.165) is 22.7 Å². The lowest BCUT2D eigenvalue weighted by Gasteiger charge is -2.03. The Balaban J connectivity index is 1.66. The molecule has 0 saturated carbocycles. The third-order valence-corrected chi connectivity index (χ3v) is 4.39. The topological polar surface area (TPSA) is 39.2 Å². The molecule has 2 aromatic heterocycles. The number of hydrogen-bond donors (Lipinski definition) is 0. The summed E-state index contributed by atoms with van der Waals surface area (Å²) in [4.78, 5) is 16.1. The summed E-state index contributed by atoms with van der Waals surface area (Å²) in [5.74, 6) is -2.43. The molecule has 22 heavy (non-hydrogen) atoms. The monoisotopic (exact) mass is 337 g/mol. The standard InChI is InChI=1S/C15H9F2NO2S2/c16-11-3-10(4-12(17)5-11)15(19)20-6-13-8-22-14(18-13)9-1-2-21-7-9/h1-5,7-8H,6H2. The number of carbonyl (C=O) groups is 1. The molecule has 7 heteroatoms. The Morgan fingerprint density at radius 3 is 2.64 bits per heavy atom. The van der Waals surface area contributed by atoms with Crippen LogP contribution in [0.4, 0.5) is 8.78 Å². The van der Waals surface area contributed by atoms with E-state index in [4.69, 9.17) is 4.74 Å². The predicted molar refractivity (Wildman–Crippen MR) is 80.9 cm³/mol. The van der Waals surface area contributed by atoms with E-state index in [-0.39, 0.29) is 12.2 Å². The van der Waals surface area contributed by atoms with E-state index in [1.165, 1.54) is 11.3 Å². The highest BCUT2D eigenvalue weighted by molar-refractivity contribution is 7.14. The number of rotatable bonds is 4. The van der Waals surface area contributed by atoms with Crippen molar-refractivity contribution in [1.29, 1.82) is 0 Å². The van der Waals surface area contributed by atoms with E-state index in [1.54, 1.807) is 16.7 Å². The zero-order valence-electron chi connectivity index (χ0n) is 11.1. The Hall–Kier alpha value is -2.12. The summed E-state index contributed by atoms with van der Waals surface area (Å²) in [6.07, 6.45) is 0. The quantitative estimate of drug-likeness (QED) is 0.658. The third kappa shape index (κ3) is 3.37. The number of halogens is 2. The zero-order chi connectivity index (χ0) is 15.5. The Morgan fingerprint density at radius 2 is 1.95 bits per heavy atom. The number of carbonyl (C=O) groups excluding carboxylic acids is 1. The van der Waals surface area contributed by atoms with Crippen molar-refractivity contribution in [3.05, 3.63) is 63.3 Å². The second-order valence-corrected chi connectivity index (χ2v) is 6.03. The van der Waals surface area contributed by atoms with Crippen molar-refractivity contribution in [1.82, 2.24) is 4.98 Å². The summed E-state index contributed by atoms with van der Waals surface area (Å²) < 4.78 is 31.1. The Labute approximate surface area is 132 Å². The molecule has 112 valence electrons. The Bertz CT molecular complexity index is 779. The second-order valence-electron chi connectivity index (χ2n) is 4.39. The zero-order valence-corrected chi connectivity index (χ0v) is 12.7. The van der Waals surface area contributed by atoms with Crippen LogP contribution >= 0.6 is 22.7 Å². The summed E-state index contributed by atoms with van der Waals surface area (Å²) in [7, 11) is 0. The van der Waals surface area contributed by atoms with Gasteiger partial charge >= 0.3 is 5.97 Å². The largest absolute Gasteiger partial charge is 0.456 e. The summed E-state index contributed by atoms with van der Waals surface area (Å²) in [6, 6.07) is 4.52. The molecular weight excluding hydrogens is 328 g/mol. The van der Waals surface area contributed by atoms with Crippen molar-refractivity contribution in [2.75, 3.05) is 0 Å². The van der Waals surface area contributed by atoms with Gasteiger partial charge in [-0.25, -0.2) is 18.6 Å². The first-order chi connectivity index (χ1) is 10.6. The third-order valence-electron chi connectivity index (χ3n) is 2.77. The Kier molecular flexibility index (Phi) is 4.26. The normalized spacial score (nSPS) is 10.6. The van der Waals surface area contributed by atoms with E-state index in [9.17, 15) is 13.6 Å². The molecule has 0 atom stereocenters. The van der Waals surface area contributed by atoms with Crippen LogP contribution in [-0.2, 0) is 11.3 Å². The van der Waals surface area contributed by atoms with Crippen molar-refractivity contribution in [3.63, 3.8) is 0 Å². The van der Waals surface area contributed by atoms with Crippen LogP contribution in [-0.4, -0.2) is 11.0 Å². The molecule has 0 amide bonds. The number of ether oxygens (including phenoxy) is 1. The molecule has 0 saturated heterocycles. The minimum Gasteiger partial charge on any atom is -0.456 e. The highest BCUT2D eigenvalue weighted by Crippen LogP contribution is 2.26. The van der Waals surface area contributed by atoms with Gasteiger partial charge in [0, 0.05) is 22.4 Å². The molecule has 0 spiro atoms. The molecule has 1 aromatic carbocycles. The molecule has 0 aliphatic heterocycles. The van der Waals surface area contributed by atoms with Crippen LogP contribution in [0.5, 0.6) is 0 Å². The first-order valence-electron chi connectivity index (χ1n) is 6.22. The molecule has 0 unspecified atom stereocenters. The minimum absolute atomic E-state index is 0.0440. The van der Waals surface area contributed by atoms with Crippen LogP contribution in [0.1, 0.15) is 16.1 Å². The number of benzene rings is 1. The van der Waals surface area contributed by atoms with Crippen molar-refractivity contribution < 1.29 is 18.3 Å². The van der Waals surface area contributed by atoms with Crippen LogP contribution in [0.2, 0.25) is 0 Å². The SMILES string of the molecule is O=C(OCc1csc(-c2ccsc2)n1)c1cc(F)cc(F)c1. The van der Waals surface area contributed by atoms with Crippen LogP contribution in [0, 0.1) is 11.6 Å². The molecule has 0 radical (unpaired) electrons. The van der Waals surface area contributed by atoms with Crippen LogP contribution in [0.3, 0.4) is 0 Å². The molecule has 0 aliphatic rings. The predicted octanol–water partition coefficient (Wildman–Crippen LogP) is 4.51. The van der Waals surface area contributed by atoms with Gasteiger partial charge in [0.2, 0.25) is 0 Å². The van der Waals surface area contributed by atoms with E-state index < -0.39 is 17.6 Å². The van der Waals surface area contributed by atoms with Crippen LogP contribution in [0.15, 0.2) is 40.4 Å². The van der Waals surface area contributed by atoms with Gasteiger partial charge < -0.3 is 4.74 Å². The van der Waals surface area contributed by atoms with E-state index in [1.807, 2.05) is 16.8 Å². The summed E-state index contributed by atoms with van der Waals surface area (Å²) in [5, 5.41) is 6.55. The van der Waals surface area contributed by atoms with Crippen molar-refractivity contribution in [3.8, 4) is 10.6 Å². The first-order valence-corrected chi connectivity index (χ1v) is 8.04. The van der Waals surface area contributed by atoms with Crippen molar-refractivity contribution >= 4 is 28.6 Å². The molecule has 3 nitrogen and oxygen atoms in total. The lowest BCUT2D eigenvalue weighted by atomic mass is 10.2. The van der Waals surface area contributed by atoms with Gasteiger partial charge in [0.05, 0.1) is 11.3 Å². The van der Waals surface area contributed by atoms with Crippen LogP contribution < -0.4 is 0 Å². The van der Waals surface area contributed by atoms with E-state index >= 15 is 0 Å². The molecule has 3 rings (SSSR count). The summed E-state index contributed by atoms with van der Waals surface area (Å²) >= 11 is 3.02. The highest BCUT2D eigenvalue weighted by atomic mass is 32.1. The maximum absolute atomic E-state index is 13.1. The molecule has 0 bridgehead atoms. The number of thiophene rings is 1. The number of nitrogens with zero attached hydrogens (tertiary/aromatic N) is 1. The van der Waals surface area contributed by atoms with Gasteiger partial charge in [-0.2, -0.15) is 11.3 Å². The maximum atomic E-state index is 13.1. The summed E-state index contributed by atoms with van der Waals surface area (Å²) in [5.41, 5.74) is 1.45. The average molecular weight is 337 g/mol. The van der Waals surface area contributed by atoms with E-state index in [0.29, 0.717) is 11.8 Å². The van der Waals surface area contributed by atoms with Gasteiger partial charge in [0.25, 0.3) is 0 Å². The lowest BCUT2D eigenvalue weighted by Crippen LogP contribution is -2.06. The van der Waals surface area contributed by atoms with Gasteiger partial charge in [0.15, 0.2) is 0 Å². The minimum atomic E-state index is -0.819. The van der Waals surface area contributed by atoms with Gasteiger partial charge in [-0.1, -0.05) is 0 Å². The van der Waals surface area contributed by atoms with Crippen molar-refractivity contribution in [2.45, 2.75) is 6.61 Å². The van der Waals surface area contributed by atoms with Gasteiger partial charge in [-0.3, -0.25) is 0 Å². The lowest BCUT2D eigenvalue weighted by molar-refractivity contribution is 0.0467. The van der Waals surface area contributed by atoms with Gasteiger partial charge in [0.1, 0.15) is 23.2 Å². The number of aromatic nitrogens is 1. The Morgan fingerprint density at radius 1 is 1.18 bits per heavy atom. The highest BCUT2D eigenvalue weighted by Gasteiger charge is 2.12. The van der Waals surface area contributed by atoms with Gasteiger partial charge in [-0.05, 0) is 23.6 Å². The second kappa shape index (κ2) is 6.33. The smallest absolute Gasteiger partial charge is 0.338 e. The number of esters is 1. The van der Waals surface area contributed by atoms with Crippen LogP contribution in [0.25, 0.3) is 10.6 Å². The maximum Gasteiger partial charge on any atom is 0.338 e. The molecule has 0 fully saturated rings. The fraction of sp³-hybridized carbons (Fsp3) is 0.0667. The fourth-order valence-corrected chi connectivity index (χ4v) is 3.30. The molecule has 2 heterocycles. The molecule has 0 aliphatic carbocycles. The number of thiazole rings is 1. The molecule has 0 N–H and O–H groups in total. The van der Waals surface area contributed by atoms with Gasteiger partial charge in [-0.15, -0.1) is 11.3 Å². The molecule has 3 aromatic rings. The first kappa shape index (κ1) is 14.8. The average Bonchev–Trinajstić information content (AvgIpc) is 3.14.